The zero-order chi connectivity index (χ0) is 10.1. The van der Waals surface area contributed by atoms with Gasteiger partial charge in [-0.05, 0) is 13.3 Å². The van der Waals surface area contributed by atoms with Crippen LogP contribution in [0.5, 0.6) is 0 Å². The fourth-order valence-electron chi connectivity index (χ4n) is 1.29. The van der Waals surface area contributed by atoms with Crippen LogP contribution in [0.3, 0.4) is 0 Å². The lowest BCUT2D eigenvalue weighted by atomic mass is 10.2. The van der Waals surface area contributed by atoms with Gasteiger partial charge in [-0.3, -0.25) is 9.20 Å². The third kappa shape index (κ3) is 1.39. The summed E-state index contributed by atoms with van der Waals surface area (Å²) in [5, 5.41) is 0. The summed E-state index contributed by atoms with van der Waals surface area (Å²) in [6.07, 6.45) is 6.09. The molecule has 4 heteroatoms. The van der Waals surface area contributed by atoms with Crippen molar-refractivity contribution in [2.45, 2.75) is 20.3 Å². The van der Waals surface area contributed by atoms with E-state index in [2.05, 4.69) is 9.97 Å². The molecule has 2 aromatic rings. The Morgan fingerprint density at radius 1 is 1.50 bits per heavy atom. The fourth-order valence-corrected chi connectivity index (χ4v) is 1.29. The van der Waals surface area contributed by atoms with E-state index in [1.807, 2.05) is 13.1 Å². The van der Waals surface area contributed by atoms with Gasteiger partial charge in [-0.2, -0.15) is 0 Å². The van der Waals surface area contributed by atoms with Crippen molar-refractivity contribution in [3.63, 3.8) is 0 Å². The highest BCUT2D eigenvalue weighted by atomic mass is 16.1. The maximum atomic E-state index is 11.1. The first-order valence-corrected chi connectivity index (χ1v) is 4.55. The summed E-state index contributed by atoms with van der Waals surface area (Å²) < 4.78 is 1.79. The van der Waals surface area contributed by atoms with Gasteiger partial charge in [-0.1, -0.05) is 6.92 Å². The van der Waals surface area contributed by atoms with Crippen molar-refractivity contribution in [2.75, 3.05) is 0 Å². The normalized spacial score (nSPS) is 10.7. The molecule has 72 valence electrons. The number of imidazole rings is 1. The first-order valence-electron chi connectivity index (χ1n) is 4.55. The molecule has 14 heavy (non-hydrogen) atoms. The largest absolute Gasteiger partial charge is 0.294 e. The summed E-state index contributed by atoms with van der Waals surface area (Å²) in [5.41, 5.74) is 1.59. The number of Topliss-reactive ketones (excluding diaryl/α,β-unsaturated/α-hetero) is 1. The number of hydrogen-bond acceptors (Lipinski definition) is 3. The second-order valence-electron chi connectivity index (χ2n) is 3.19. The van der Waals surface area contributed by atoms with Crippen LogP contribution in [0.2, 0.25) is 0 Å². The Morgan fingerprint density at radius 3 is 2.93 bits per heavy atom. The van der Waals surface area contributed by atoms with Gasteiger partial charge < -0.3 is 0 Å². The van der Waals surface area contributed by atoms with Crippen LogP contribution in [0.1, 0.15) is 29.9 Å². The molecule has 2 aromatic heterocycles. The van der Waals surface area contributed by atoms with E-state index in [-0.39, 0.29) is 5.78 Å². The Balaban J connectivity index is 2.59. The van der Waals surface area contributed by atoms with Gasteiger partial charge in [-0.25, -0.2) is 9.97 Å². The molecule has 2 heterocycles. The number of ketones is 1. The molecule has 0 radical (unpaired) electrons. The quantitative estimate of drug-likeness (QED) is 0.672. The van der Waals surface area contributed by atoms with E-state index in [1.165, 1.54) is 6.92 Å². The summed E-state index contributed by atoms with van der Waals surface area (Å²) in [6.45, 7) is 3.56. The van der Waals surface area contributed by atoms with Crippen LogP contribution in [-0.2, 0) is 6.42 Å². The molecule has 0 aliphatic rings. The van der Waals surface area contributed by atoms with Gasteiger partial charge in [0.1, 0.15) is 0 Å². The molecule has 0 aromatic carbocycles. The number of rotatable bonds is 2. The van der Waals surface area contributed by atoms with E-state index in [1.54, 1.807) is 16.8 Å². The van der Waals surface area contributed by atoms with Gasteiger partial charge in [0, 0.05) is 18.6 Å². The lowest BCUT2D eigenvalue weighted by Gasteiger charge is -1.95. The molecule has 0 bridgehead atoms. The predicted octanol–water partition coefficient (Wildman–Crippen LogP) is 1.49. The Bertz CT molecular complexity index is 487. The van der Waals surface area contributed by atoms with Crippen LogP contribution < -0.4 is 0 Å². The van der Waals surface area contributed by atoms with E-state index >= 15 is 0 Å². The molecule has 0 unspecified atom stereocenters. The average molecular weight is 189 g/mol. The minimum atomic E-state index is 0.0196. The van der Waals surface area contributed by atoms with Crippen LogP contribution in [-0.4, -0.2) is 20.2 Å². The topological polar surface area (TPSA) is 47.3 Å². The fraction of sp³-hybridized carbons (Fsp3) is 0.300. The minimum Gasteiger partial charge on any atom is -0.294 e. The molecule has 0 amide bonds. The smallest absolute Gasteiger partial charge is 0.233 e. The summed E-state index contributed by atoms with van der Waals surface area (Å²) >= 11 is 0. The van der Waals surface area contributed by atoms with E-state index < -0.39 is 0 Å². The van der Waals surface area contributed by atoms with Crippen molar-refractivity contribution in [3.8, 4) is 0 Å². The molecule has 0 spiro atoms. The summed E-state index contributed by atoms with van der Waals surface area (Å²) in [7, 11) is 0. The summed E-state index contributed by atoms with van der Waals surface area (Å²) in [6, 6.07) is 0. The van der Waals surface area contributed by atoms with E-state index in [0.29, 0.717) is 11.3 Å². The number of fused-ring (bicyclic) bond motifs is 1. The van der Waals surface area contributed by atoms with Gasteiger partial charge in [-0.15, -0.1) is 0 Å². The average Bonchev–Trinajstić information content (AvgIpc) is 2.58. The maximum absolute atomic E-state index is 11.1. The van der Waals surface area contributed by atoms with E-state index in [0.717, 1.165) is 12.1 Å². The molecule has 0 saturated carbocycles. The van der Waals surface area contributed by atoms with Crippen molar-refractivity contribution >= 4 is 11.6 Å². The van der Waals surface area contributed by atoms with Crippen molar-refractivity contribution in [1.29, 1.82) is 0 Å². The predicted molar refractivity (Wildman–Crippen MR) is 52.4 cm³/mol. The van der Waals surface area contributed by atoms with E-state index in [4.69, 9.17) is 0 Å². The van der Waals surface area contributed by atoms with Crippen LogP contribution >= 0.6 is 0 Å². The zero-order valence-electron chi connectivity index (χ0n) is 8.19. The minimum absolute atomic E-state index is 0.0196. The SMILES string of the molecule is CCc1cn2cc(C(C)=O)cnc2n1. The summed E-state index contributed by atoms with van der Waals surface area (Å²) in [5.74, 6) is 0.665. The molecule has 4 nitrogen and oxygen atoms in total. The molecule has 0 saturated heterocycles. The van der Waals surface area contributed by atoms with Crippen LogP contribution in [0.4, 0.5) is 0 Å². The Labute approximate surface area is 81.6 Å². The van der Waals surface area contributed by atoms with Crippen molar-refractivity contribution in [2.24, 2.45) is 0 Å². The first kappa shape index (κ1) is 8.87. The number of aromatic nitrogens is 3. The van der Waals surface area contributed by atoms with Gasteiger partial charge in [0.15, 0.2) is 5.78 Å². The molecule has 0 aliphatic heterocycles. The van der Waals surface area contributed by atoms with Crippen LogP contribution in [0.15, 0.2) is 18.6 Å². The highest BCUT2D eigenvalue weighted by molar-refractivity contribution is 5.93. The molecule has 0 aliphatic carbocycles. The second kappa shape index (κ2) is 3.21. The van der Waals surface area contributed by atoms with Gasteiger partial charge in [0.05, 0.1) is 11.3 Å². The molecular weight excluding hydrogens is 178 g/mol. The van der Waals surface area contributed by atoms with Gasteiger partial charge in [0.2, 0.25) is 5.78 Å². The molecule has 0 N–H and O–H groups in total. The number of carbonyl (C=O) groups is 1. The Kier molecular flexibility index (Phi) is 2.04. The number of hydrogen-bond donors (Lipinski definition) is 0. The number of carbonyl (C=O) groups excluding carboxylic acids is 1. The van der Waals surface area contributed by atoms with Gasteiger partial charge in [0.25, 0.3) is 0 Å². The highest BCUT2D eigenvalue weighted by Gasteiger charge is 2.04. The second-order valence-corrected chi connectivity index (χ2v) is 3.19. The Hall–Kier alpha value is -1.71. The third-order valence-corrected chi connectivity index (χ3v) is 2.13. The Morgan fingerprint density at radius 2 is 2.29 bits per heavy atom. The van der Waals surface area contributed by atoms with Crippen LogP contribution in [0, 0.1) is 0 Å². The number of aryl methyl sites for hydroxylation is 1. The molecule has 0 atom stereocenters. The molecule has 2 rings (SSSR count). The lowest BCUT2D eigenvalue weighted by Crippen LogP contribution is -1.97. The highest BCUT2D eigenvalue weighted by Crippen LogP contribution is 2.05. The molecule has 0 fully saturated rings. The van der Waals surface area contributed by atoms with Crippen molar-refractivity contribution < 1.29 is 4.79 Å². The third-order valence-electron chi connectivity index (χ3n) is 2.13. The van der Waals surface area contributed by atoms with Gasteiger partial charge >= 0.3 is 0 Å². The summed E-state index contributed by atoms with van der Waals surface area (Å²) in [4.78, 5) is 19.5. The first-order chi connectivity index (χ1) is 6.70. The van der Waals surface area contributed by atoms with Crippen LogP contribution in [0.25, 0.3) is 5.78 Å². The van der Waals surface area contributed by atoms with Crippen molar-refractivity contribution in [1.82, 2.24) is 14.4 Å². The number of nitrogens with zero attached hydrogens (tertiary/aromatic N) is 3. The maximum Gasteiger partial charge on any atom is 0.233 e. The molecular formula is C10H11N3O. The lowest BCUT2D eigenvalue weighted by molar-refractivity contribution is 0.101. The van der Waals surface area contributed by atoms with Crippen molar-refractivity contribution in [3.05, 3.63) is 29.8 Å². The monoisotopic (exact) mass is 189 g/mol. The zero-order valence-corrected chi connectivity index (χ0v) is 8.19. The standard InChI is InChI=1S/C10H11N3O/c1-3-9-6-13-5-8(7(2)14)4-11-10(13)12-9/h4-6H,3H2,1-2H3. The van der Waals surface area contributed by atoms with E-state index in [9.17, 15) is 4.79 Å².